The summed E-state index contributed by atoms with van der Waals surface area (Å²) in [5.41, 5.74) is 0.881. The highest BCUT2D eigenvalue weighted by molar-refractivity contribution is 6.32. The Morgan fingerprint density at radius 1 is 1.00 bits per heavy atom. The van der Waals surface area contributed by atoms with Crippen molar-refractivity contribution in [2.45, 2.75) is 26.2 Å². The summed E-state index contributed by atoms with van der Waals surface area (Å²) in [5.74, 6) is 0.620. The van der Waals surface area contributed by atoms with Crippen LogP contribution in [0.5, 0.6) is 11.5 Å². The number of halogens is 1. The van der Waals surface area contributed by atoms with E-state index in [1.807, 2.05) is 0 Å². The van der Waals surface area contributed by atoms with E-state index in [9.17, 15) is 9.59 Å². The topological polar surface area (TPSA) is 52.6 Å². The van der Waals surface area contributed by atoms with Gasteiger partial charge in [0.15, 0.2) is 11.6 Å². The van der Waals surface area contributed by atoms with Gasteiger partial charge in [0.2, 0.25) is 0 Å². The van der Waals surface area contributed by atoms with Crippen LogP contribution in [0.3, 0.4) is 0 Å². The lowest BCUT2D eigenvalue weighted by atomic mass is 10.0. The molecule has 0 spiro atoms. The van der Waals surface area contributed by atoms with E-state index < -0.39 is 0 Å². The van der Waals surface area contributed by atoms with Crippen molar-refractivity contribution in [3.8, 4) is 11.5 Å². The van der Waals surface area contributed by atoms with Crippen molar-refractivity contribution in [3.63, 3.8) is 0 Å². The third-order valence-corrected chi connectivity index (χ3v) is 4.05. The monoisotopic (exact) mass is 360 g/mol. The minimum absolute atomic E-state index is 0.208. The normalized spacial score (nSPS) is 10.4. The van der Waals surface area contributed by atoms with Gasteiger partial charge >= 0.3 is 0 Å². The molecule has 0 aliphatic heterocycles. The molecule has 0 unspecified atom stereocenters. The van der Waals surface area contributed by atoms with E-state index in [-0.39, 0.29) is 18.0 Å². The highest BCUT2D eigenvalue weighted by atomic mass is 35.5. The number of carbonyl (C=O) groups is 2. The molecular weight excluding hydrogens is 340 g/mol. The number of hydrogen-bond donors (Lipinski definition) is 0. The molecule has 0 fully saturated rings. The van der Waals surface area contributed by atoms with Crippen LogP contribution in [0.15, 0.2) is 42.5 Å². The molecule has 0 N–H and O–H groups in total. The van der Waals surface area contributed by atoms with E-state index >= 15 is 0 Å². The van der Waals surface area contributed by atoms with Gasteiger partial charge in [-0.3, -0.25) is 9.59 Å². The second-order valence-corrected chi connectivity index (χ2v) is 6.01. The zero-order chi connectivity index (χ0) is 18.2. The van der Waals surface area contributed by atoms with Gasteiger partial charge in [-0.1, -0.05) is 24.9 Å². The van der Waals surface area contributed by atoms with Crippen LogP contribution in [0.25, 0.3) is 0 Å². The summed E-state index contributed by atoms with van der Waals surface area (Å²) in [6.45, 7) is 2.75. The lowest BCUT2D eigenvalue weighted by Crippen LogP contribution is -2.09. The first-order chi connectivity index (χ1) is 12.0. The fourth-order valence-corrected chi connectivity index (χ4v) is 2.45. The van der Waals surface area contributed by atoms with Crippen LogP contribution in [0.1, 0.15) is 46.9 Å². The van der Waals surface area contributed by atoms with Crippen molar-refractivity contribution in [2.24, 2.45) is 0 Å². The molecule has 5 heteroatoms. The molecule has 0 saturated heterocycles. The van der Waals surface area contributed by atoms with Crippen molar-refractivity contribution < 1.29 is 19.1 Å². The molecule has 0 atom stereocenters. The van der Waals surface area contributed by atoms with Crippen molar-refractivity contribution in [1.29, 1.82) is 0 Å². The molecule has 0 bridgehead atoms. The van der Waals surface area contributed by atoms with Crippen LogP contribution in [-0.4, -0.2) is 25.3 Å². The Bertz CT molecular complexity index is 738. The highest BCUT2D eigenvalue weighted by Gasteiger charge is 2.15. The Labute approximate surface area is 152 Å². The average molecular weight is 361 g/mol. The summed E-state index contributed by atoms with van der Waals surface area (Å²) in [5, 5.41) is 0.420. The smallest absolute Gasteiger partial charge is 0.170 e. The molecule has 0 saturated carbocycles. The Morgan fingerprint density at radius 3 is 2.28 bits per heavy atom. The van der Waals surface area contributed by atoms with Crippen molar-refractivity contribution >= 4 is 23.2 Å². The minimum Gasteiger partial charge on any atom is -0.495 e. The molecule has 0 amide bonds. The van der Waals surface area contributed by atoms with Gasteiger partial charge in [-0.2, -0.15) is 0 Å². The van der Waals surface area contributed by atoms with Gasteiger partial charge in [0.1, 0.15) is 11.5 Å². The third kappa shape index (κ3) is 5.33. The first-order valence-electron chi connectivity index (χ1n) is 8.18. The summed E-state index contributed by atoms with van der Waals surface area (Å²) in [6.07, 6.45) is 1.84. The predicted molar refractivity (Wildman–Crippen MR) is 98.1 cm³/mol. The van der Waals surface area contributed by atoms with Gasteiger partial charge in [0.05, 0.1) is 25.2 Å². The van der Waals surface area contributed by atoms with Crippen molar-refractivity contribution in [2.75, 3.05) is 13.7 Å². The number of ether oxygens (including phenoxy) is 2. The maximum Gasteiger partial charge on any atom is 0.170 e. The Kier molecular flexibility index (Phi) is 7.02. The first-order valence-corrected chi connectivity index (χ1v) is 8.55. The number of Topliss-reactive ketones (excluding diaryl/α,β-unsaturated/α-hetero) is 2. The Balaban J connectivity index is 2.00. The molecule has 0 aromatic heterocycles. The van der Waals surface area contributed by atoms with Gasteiger partial charge in [-0.05, 0) is 48.9 Å². The summed E-state index contributed by atoms with van der Waals surface area (Å²) in [7, 11) is 1.48. The van der Waals surface area contributed by atoms with E-state index in [0.29, 0.717) is 28.5 Å². The Morgan fingerprint density at radius 2 is 1.64 bits per heavy atom. The van der Waals surface area contributed by atoms with Crippen LogP contribution in [0.2, 0.25) is 5.02 Å². The largest absolute Gasteiger partial charge is 0.495 e. The fourth-order valence-electron chi connectivity index (χ4n) is 2.25. The summed E-state index contributed by atoms with van der Waals surface area (Å²) in [4.78, 5) is 24.6. The number of methoxy groups -OCH3 is 1. The SMILES string of the molecule is CCCCOc1ccc(C(=O)CC(=O)c2ccc(Cl)c(OC)c2)cc1. The third-order valence-electron chi connectivity index (χ3n) is 3.74. The molecule has 0 aliphatic rings. The van der Waals surface area contributed by atoms with Crippen LogP contribution < -0.4 is 9.47 Å². The highest BCUT2D eigenvalue weighted by Crippen LogP contribution is 2.26. The van der Waals surface area contributed by atoms with E-state index in [1.165, 1.54) is 7.11 Å². The minimum atomic E-state index is -0.275. The summed E-state index contributed by atoms with van der Waals surface area (Å²) in [6, 6.07) is 11.6. The van der Waals surface area contributed by atoms with Gasteiger partial charge < -0.3 is 9.47 Å². The number of ketones is 2. The molecule has 0 aliphatic carbocycles. The van der Waals surface area contributed by atoms with E-state index in [1.54, 1.807) is 42.5 Å². The number of benzene rings is 2. The molecular formula is C20H21ClO4. The Hall–Kier alpha value is -2.33. The number of unbranched alkanes of at least 4 members (excludes halogenated alkanes) is 1. The molecule has 2 aromatic carbocycles. The van der Waals surface area contributed by atoms with E-state index in [2.05, 4.69) is 6.92 Å². The van der Waals surface area contributed by atoms with Gasteiger partial charge in [0.25, 0.3) is 0 Å². The molecule has 2 rings (SSSR count). The van der Waals surface area contributed by atoms with Crippen LogP contribution in [0.4, 0.5) is 0 Å². The van der Waals surface area contributed by atoms with Crippen LogP contribution >= 0.6 is 11.6 Å². The summed E-state index contributed by atoms with van der Waals surface area (Å²) >= 11 is 5.95. The number of carbonyl (C=O) groups excluding carboxylic acids is 2. The molecule has 25 heavy (non-hydrogen) atoms. The predicted octanol–water partition coefficient (Wildman–Crippen LogP) is 4.98. The fraction of sp³-hybridized carbons (Fsp3) is 0.300. The number of hydrogen-bond acceptors (Lipinski definition) is 4. The lowest BCUT2D eigenvalue weighted by molar-refractivity contribution is 0.0894. The standard InChI is InChI=1S/C20H21ClO4/c1-3-4-11-25-16-8-5-14(6-9-16)18(22)13-19(23)15-7-10-17(21)20(12-15)24-2/h5-10,12H,3-4,11,13H2,1-2H3. The second-order valence-electron chi connectivity index (χ2n) is 5.60. The zero-order valence-corrected chi connectivity index (χ0v) is 15.1. The van der Waals surface area contributed by atoms with E-state index in [4.69, 9.17) is 21.1 Å². The maximum atomic E-state index is 12.3. The number of rotatable bonds is 9. The quantitative estimate of drug-likeness (QED) is 0.359. The summed E-state index contributed by atoms with van der Waals surface area (Å²) < 4.78 is 10.7. The van der Waals surface area contributed by atoms with Crippen molar-refractivity contribution in [3.05, 3.63) is 58.6 Å². The van der Waals surface area contributed by atoms with Crippen molar-refractivity contribution in [1.82, 2.24) is 0 Å². The van der Waals surface area contributed by atoms with Gasteiger partial charge in [0, 0.05) is 11.1 Å². The molecule has 0 radical (unpaired) electrons. The average Bonchev–Trinajstić information content (AvgIpc) is 2.62. The van der Waals surface area contributed by atoms with E-state index in [0.717, 1.165) is 18.6 Å². The lowest BCUT2D eigenvalue weighted by Gasteiger charge is -2.07. The first kappa shape index (κ1) is 19.0. The van der Waals surface area contributed by atoms with Crippen LogP contribution in [0, 0.1) is 0 Å². The second kappa shape index (κ2) is 9.23. The maximum absolute atomic E-state index is 12.3. The molecule has 132 valence electrons. The van der Waals surface area contributed by atoms with Gasteiger partial charge in [-0.25, -0.2) is 0 Å². The zero-order valence-electron chi connectivity index (χ0n) is 14.4. The molecule has 2 aromatic rings. The molecule has 0 heterocycles. The van der Waals surface area contributed by atoms with Gasteiger partial charge in [-0.15, -0.1) is 0 Å². The van der Waals surface area contributed by atoms with Crippen LogP contribution in [-0.2, 0) is 0 Å². The molecule has 4 nitrogen and oxygen atoms in total.